The van der Waals surface area contributed by atoms with Gasteiger partial charge in [-0.2, -0.15) is 0 Å². The molecule has 0 radical (unpaired) electrons. The molecule has 0 saturated heterocycles. The Labute approximate surface area is 350 Å². The van der Waals surface area contributed by atoms with E-state index in [1.54, 1.807) is 0 Å². The van der Waals surface area contributed by atoms with Crippen LogP contribution in [0.1, 0.15) is 0 Å². The normalized spacial score (nSPS) is 11.7. The van der Waals surface area contributed by atoms with Gasteiger partial charge in [-0.1, -0.05) is 164 Å². The Hall–Kier alpha value is -7.73. The number of thiophene rings is 1. The number of nitrogens with zero attached hydrogens (tertiary/aromatic N) is 4. The lowest BCUT2D eigenvalue weighted by atomic mass is 10.0. The number of rotatable bonds is 6. The SMILES string of the molecule is c1ccc(-c2ccc(-c3nc(-c4ccccc4)nc(-c4ccc(-c5ccc6c(c5)sc5cc7ccccc7cc56)cc4)n3)c(-n3c4ccccc4c4ccccc43)c2)cc1. The van der Waals surface area contributed by atoms with Crippen molar-refractivity contribution in [1.82, 2.24) is 19.5 Å². The molecule has 0 atom stereocenters. The maximum atomic E-state index is 5.29. The number of benzene rings is 9. The Balaban J connectivity index is 1.01. The van der Waals surface area contributed by atoms with Crippen molar-refractivity contribution in [2.24, 2.45) is 0 Å². The van der Waals surface area contributed by atoms with Crippen LogP contribution in [0.2, 0.25) is 0 Å². The fourth-order valence-electron chi connectivity index (χ4n) is 8.69. The van der Waals surface area contributed by atoms with Crippen LogP contribution in [0.5, 0.6) is 0 Å². The van der Waals surface area contributed by atoms with Crippen LogP contribution >= 0.6 is 11.3 Å². The largest absolute Gasteiger partial charge is 0.308 e. The van der Waals surface area contributed by atoms with E-state index < -0.39 is 0 Å². The molecule has 0 aliphatic rings. The summed E-state index contributed by atoms with van der Waals surface area (Å²) in [5.74, 6) is 1.86. The predicted octanol–water partition coefficient (Wildman–Crippen LogP) is 14.8. The van der Waals surface area contributed by atoms with Crippen LogP contribution < -0.4 is 0 Å². The first-order valence-electron chi connectivity index (χ1n) is 20.2. The van der Waals surface area contributed by atoms with Gasteiger partial charge in [0.15, 0.2) is 17.5 Å². The lowest BCUT2D eigenvalue weighted by Gasteiger charge is -2.16. The average molecular weight is 783 g/mol. The summed E-state index contributed by atoms with van der Waals surface area (Å²) in [5.41, 5.74) is 10.6. The minimum absolute atomic E-state index is 0.613. The van der Waals surface area contributed by atoms with E-state index >= 15 is 0 Å². The Bertz CT molecular complexity index is 3530. The second kappa shape index (κ2) is 14.0. The first-order valence-corrected chi connectivity index (χ1v) is 21.0. The molecule has 0 aliphatic carbocycles. The molecule has 3 heterocycles. The highest BCUT2D eigenvalue weighted by Crippen LogP contribution is 2.40. The lowest BCUT2D eigenvalue weighted by Crippen LogP contribution is -2.04. The van der Waals surface area contributed by atoms with Crippen molar-refractivity contribution in [3.8, 4) is 62.1 Å². The van der Waals surface area contributed by atoms with Crippen LogP contribution in [0.25, 0.3) is 115 Å². The second-order valence-corrected chi connectivity index (χ2v) is 16.3. The summed E-state index contributed by atoms with van der Waals surface area (Å²) in [5, 5.41) is 7.55. The molecular formula is C55H34N4S. The molecule has 0 aliphatic heterocycles. The van der Waals surface area contributed by atoms with E-state index in [-0.39, 0.29) is 0 Å². The van der Waals surface area contributed by atoms with E-state index in [1.807, 2.05) is 29.5 Å². The first kappa shape index (κ1) is 34.3. The second-order valence-electron chi connectivity index (χ2n) is 15.2. The smallest absolute Gasteiger partial charge is 0.166 e. The molecule has 4 nitrogen and oxygen atoms in total. The Morgan fingerprint density at radius 1 is 0.317 bits per heavy atom. The van der Waals surface area contributed by atoms with Crippen LogP contribution in [0.3, 0.4) is 0 Å². The number of aromatic nitrogens is 4. The van der Waals surface area contributed by atoms with Crippen molar-refractivity contribution in [2.45, 2.75) is 0 Å². The van der Waals surface area contributed by atoms with Crippen LogP contribution in [-0.2, 0) is 0 Å². The van der Waals surface area contributed by atoms with E-state index in [4.69, 9.17) is 15.0 Å². The molecule has 0 bridgehead atoms. The molecule has 3 aromatic heterocycles. The molecule has 0 fully saturated rings. The van der Waals surface area contributed by atoms with E-state index in [2.05, 4.69) is 193 Å². The van der Waals surface area contributed by atoms with Crippen molar-refractivity contribution < 1.29 is 0 Å². The molecule has 0 amide bonds. The van der Waals surface area contributed by atoms with Crippen molar-refractivity contribution in [2.75, 3.05) is 0 Å². The summed E-state index contributed by atoms with van der Waals surface area (Å²) in [6, 6.07) is 73.3. The number of fused-ring (bicyclic) bond motifs is 7. The van der Waals surface area contributed by atoms with Gasteiger partial charge in [0.05, 0.1) is 16.7 Å². The van der Waals surface area contributed by atoms with Crippen LogP contribution in [0.15, 0.2) is 206 Å². The van der Waals surface area contributed by atoms with Crippen molar-refractivity contribution in [3.05, 3.63) is 206 Å². The van der Waals surface area contributed by atoms with Gasteiger partial charge in [-0.25, -0.2) is 15.0 Å². The lowest BCUT2D eigenvalue weighted by molar-refractivity contribution is 1.06. The zero-order chi connectivity index (χ0) is 39.6. The Morgan fingerprint density at radius 2 is 0.800 bits per heavy atom. The van der Waals surface area contributed by atoms with Gasteiger partial charge in [0.25, 0.3) is 0 Å². The molecule has 5 heteroatoms. The predicted molar refractivity (Wildman–Crippen MR) is 252 cm³/mol. The average Bonchev–Trinajstić information content (AvgIpc) is 3.85. The fourth-order valence-corrected chi connectivity index (χ4v) is 9.87. The monoisotopic (exact) mass is 782 g/mol. The number of hydrogen-bond donors (Lipinski definition) is 0. The van der Waals surface area contributed by atoms with Crippen LogP contribution in [-0.4, -0.2) is 19.5 Å². The fraction of sp³-hybridized carbons (Fsp3) is 0. The highest BCUT2D eigenvalue weighted by molar-refractivity contribution is 7.25. The molecule has 9 aromatic carbocycles. The summed E-state index contributed by atoms with van der Waals surface area (Å²) in [7, 11) is 0. The molecule has 280 valence electrons. The topological polar surface area (TPSA) is 43.6 Å². The number of para-hydroxylation sites is 2. The van der Waals surface area contributed by atoms with Gasteiger partial charge in [-0.05, 0) is 75.5 Å². The van der Waals surface area contributed by atoms with Crippen molar-refractivity contribution >= 4 is 64.1 Å². The highest BCUT2D eigenvalue weighted by Gasteiger charge is 2.20. The molecule has 60 heavy (non-hydrogen) atoms. The zero-order valence-corrected chi connectivity index (χ0v) is 33.1. The summed E-state index contributed by atoms with van der Waals surface area (Å²) in [6.07, 6.45) is 0. The van der Waals surface area contributed by atoms with Crippen LogP contribution in [0.4, 0.5) is 0 Å². The molecular weight excluding hydrogens is 749 g/mol. The molecule has 0 spiro atoms. The summed E-state index contributed by atoms with van der Waals surface area (Å²) in [4.78, 5) is 15.6. The van der Waals surface area contributed by atoms with Gasteiger partial charge < -0.3 is 4.57 Å². The van der Waals surface area contributed by atoms with Gasteiger partial charge in [0.2, 0.25) is 0 Å². The standard InChI is InChI=1S/C55H34N4S/c1-3-13-35(14-4-1)41-28-30-46(50(32-41)59-48-21-11-9-19-43(48)44-20-10-12-22-49(44)59)55-57-53(37-15-5-2-6-16-37)56-54(58-55)38-25-23-36(24-26-38)42-27-29-45-47-31-39-17-7-8-18-40(39)33-52(47)60-51(45)34-42/h1-34H. The Kier molecular flexibility index (Phi) is 8.00. The third-order valence-corrected chi connectivity index (χ3v) is 12.8. The number of hydrogen-bond acceptors (Lipinski definition) is 4. The molecule has 0 unspecified atom stereocenters. The first-order chi connectivity index (χ1) is 29.7. The quantitative estimate of drug-likeness (QED) is 0.169. The summed E-state index contributed by atoms with van der Waals surface area (Å²) >= 11 is 1.86. The highest BCUT2D eigenvalue weighted by atomic mass is 32.1. The summed E-state index contributed by atoms with van der Waals surface area (Å²) < 4.78 is 4.96. The van der Waals surface area contributed by atoms with Gasteiger partial charge in [-0.3, -0.25) is 0 Å². The Morgan fingerprint density at radius 3 is 1.50 bits per heavy atom. The van der Waals surface area contributed by atoms with Crippen molar-refractivity contribution in [3.63, 3.8) is 0 Å². The molecule has 12 aromatic rings. The van der Waals surface area contributed by atoms with Crippen LogP contribution in [0, 0.1) is 0 Å². The third-order valence-electron chi connectivity index (χ3n) is 11.7. The van der Waals surface area contributed by atoms with E-state index in [0.717, 1.165) is 50.1 Å². The summed E-state index contributed by atoms with van der Waals surface area (Å²) in [6.45, 7) is 0. The zero-order valence-electron chi connectivity index (χ0n) is 32.3. The minimum Gasteiger partial charge on any atom is -0.308 e. The molecule has 0 saturated carbocycles. The minimum atomic E-state index is 0.613. The molecule has 0 N–H and O–H groups in total. The molecule has 12 rings (SSSR count). The van der Waals surface area contributed by atoms with E-state index in [9.17, 15) is 0 Å². The third kappa shape index (κ3) is 5.78. The maximum Gasteiger partial charge on any atom is 0.166 e. The van der Waals surface area contributed by atoms with E-state index in [1.165, 1.54) is 47.3 Å². The van der Waals surface area contributed by atoms with Gasteiger partial charge in [-0.15, -0.1) is 11.3 Å². The van der Waals surface area contributed by atoms with Gasteiger partial charge in [0, 0.05) is 47.6 Å². The van der Waals surface area contributed by atoms with Gasteiger partial charge >= 0.3 is 0 Å². The maximum absolute atomic E-state index is 5.29. The van der Waals surface area contributed by atoms with Gasteiger partial charge in [0.1, 0.15) is 0 Å². The van der Waals surface area contributed by atoms with Crippen molar-refractivity contribution in [1.29, 1.82) is 0 Å². The van der Waals surface area contributed by atoms with E-state index in [0.29, 0.717) is 17.5 Å².